The third-order valence-electron chi connectivity index (χ3n) is 5.65. The predicted octanol–water partition coefficient (Wildman–Crippen LogP) is 2.96. The lowest BCUT2D eigenvalue weighted by atomic mass is 9.97. The SMILES string of the molecule is CCS(=O)(=O)N1CCC(C(=O)Nc2cc(OC)c(NC(=O)c3ccccc3)cc2OC)CC1. The summed E-state index contributed by atoms with van der Waals surface area (Å²) in [6.07, 6.45) is 0.880. The van der Waals surface area contributed by atoms with Gasteiger partial charge in [-0.15, -0.1) is 0 Å². The van der Waals surface area contributed by atoms with E-state index < -0.39 is 10.0 Å². The van der Waals surface area contributed by atoms with Crippen LogP contribution in [0.2, 0.25) is 0 Å². The monoisotopic (exact) mass is 475 g/mol. The van der Waals surface area contributed by atoms with Gasteiger partial charge in [0.25, 0.3) is 5.91 Å². The third-order valence-corrected chi connectivity index (χ3v) is 7.53. The second-order valence-electron chi connectivity index (χ2n) is 7.64. The molecule has 9 nitrogen and oxygen atoms in total. The molecule has 3 rings (SSSR count). The second kappa shape index (κ2) is 10.7. The van der Waals surface area contributed by atoms with Gasteiger partial charge in [0.2, 0.25) is 15.9 Å². The molecule has 0 aromatic heterocycles. The fourth-order valence-electron chi connectivity index (χ4n) is 3.69. The zero-order chi connectivity index (χ0) is 24.0. The fourth-order valence-corrected chi connectivity index (χ4v) is 4.82. The minimum Gasteiger partial charge on any atom is -0.494 e. The number of anilines is 2. The first kappa shape index (κ1) is 24.5. The normalized spacial score (nSPS) is 15.0. The van der Waals surface area contributed by atoms with Crippen LogP contribution in [-0.4, -0.2) is 57.6 Å². The van der Waals surface area contributed by atoms with Gasteiger partial charge in [-0.2, -0.15) is 0 Å². The summed E-state index contributed by atoms with van der Waals surface area (Å²) >= 11 is 0. The van der Waals surface area contributed by atoms with Crippen molar-refractivity contribution in [3.63, 3.8) is 0 Å². The first-order chi connectivity index (χ1) is 15.8. The zero-order valence-electron chi connectivity index (χ0n) is 19.0. The summed E-state index contributed by atoms with van der Waals surface area (Å²) in [4.78, 5) is 25.4. The smallest absolute Gasteiger partial charge is 0.255 e. The lowest BCUT2D eigenvalue weighted by Gasteiger charge is -2.30. The highest BCUT2D eigenvalue weighted by Crippen LogP contribution is 2.37. The number of amides is 2. The van der Waals surface area contributed by atoms with Gasteiger partial charge in [-0.05, 0) is 31.9 Å². The molecule has 178 valence electrons. The standard InChI is InChI=1S/C23H29N3O6S/c1-4-33(29,30)26-12-10-17(11-13-26)23(28)25-19-15-20(31-2)18(14-21(19)32-3)24-22(27)16-8-6-5-7-9-16/h5-9,14-15,17H,4,10-13H2,1-3H3,(H,24,27)(H,25,28). The maximum atomic E-state index is 12.9. The molecule has 0 aliphatic carbocycles. The lowest BCUT2D eigenvalue weighted by Crippen LogP contribution is -2.42. The highest BCUT2D eigenvalue weighted by atomic mass is 32.2. The quantitative estimate of drug-likeness (QED) is 0.607. The fraction of sp³-hybridized carbons (Fsp3) is 0.391. The summed E-state index contributed by atoms with van der Waals surface area (Å²) in [5.74, 6) is -0.0701. The maximum absolute atomic E-state index is 12.9. The molecule has 0 bridgehead atoms. The van der Waals surface area contributed by atoms with Gasteiger partial charge in [0.15, 0.2) is 0 Å². The van der Waals surface area contributed by atoms with Crippen LogP contribution in [-0.2, 0) is 14.8 Å². The molecule has 2 N–H and O–H groups in total. The molecule has 0 unspecified atom stereocenters. The molecule has 2 amide bonds. The Kier molecular flexibility index (Phi) is 7.93. The summed E-state index contributed by atoms with van der Waals surface area (Å²) in [7, 11) is -0.319. The Balaban J connectivity index is 1.73. The number of methoxy groups -OCH3 is 2. The number of piperidine rings is 1. The molecule has 1 saturated heterocycles. The largest absolute Gasteiger partial charge is 0.494 e. The van der Waals surface area contributed by atoms with Crippen molar-refractivity contribution in [2.45, 2.75) is 19.8 Å². The van der Waals surface area contributed by atoms with Gasteiger partial charge in [-0.3, -0.25) is 9.59 Å². The number of sulfonamides is 1. The molecule has 1 aliphatic heterocycles. The number of hydrogen-bond donors (Lipinski definition) is 2. The van der Waals surface area contributed by atoms with Crippen molar-refractivity contribution in [2.75, 3.05) is 43.7 Å². The second-order valence-corrected chi connectivity index (χ2v) is 9.89. The number of ether oxygens (including phenoxy) is 2. The van der Waals surface area contributed by atoms with Crippen molar-refractivity contribution in [1.82, 2.24) is 4.31 Å². The minimum atomic E-state index is -3.25. The van der Waals surface area contributed by atoms with Crippen molar-refractivity contribution in [2.24, 2.45) is 5.92 Å². The van der Waals surface area contributed by atoms with Crippen molar-refractivity contribution in [1.29, 1.82) is 0 Å². The van der Waals surface area contributed by atoms with Crippen LogP contribution in [0.15, 0.2) is 42.5 Å². The molecule has 2 aromatic carbocycles. The molecule has 0 atom stereocenters. The Bertz CT molecular complexity index is 1100. The van der Waals surface area contributed by atoms with E-state index in [1.807, 2.05) is 6.07 Å². The summed E-state index contributed by atoms with van der Waals surface area (Å²) in [5, 5.41) is 5.66. The zero-order valence-corrected chi connectivity index (χ0v) is 19.8. The van der Waals surface area contributed by atoms with Gasteiger partial charge in [0, 0.05) is 36.7 Å². The Morgan fingerprint density at radius 3 is 2.03 bits per heavy atom. The number of nitrogens with one attached hydrogen (secondary N) is 2. The van der Waals surface area contributed by atoms with E-state index in [1.165, 1.54) is 18.5 Å². The van der Waals surface area contributed by atoms with E-state index in [4.69, 9.17) is 9.47 Å². The Morgan fingerprint density at radius 1 is 0.970 bits per heavy atom. The van der Waals surface area contributed by atoms with Gasteiger partial charge < -0.3 is 20.1 Å². The van der Waals surface area contributed by atoms with E-state index in [2.05, 4.69) is 10.6 Å². The Morgan fingerprint density at radius 2 is 1.52 bits per heavy atom. The topological polar surface area (TPSA) is 114 Å². The highest BCUT2D eigenvalue weighted by Gasteiger charge is 2.30. The van der Waals surface area contributed by atoms with Crippen LogP contribution in [0.4, 0.5) is 11.4 Å². The van der Waals surface area contributed by atoms with Crippen molar-refractivity contribution >= 4 is 33.2 Å². The Labute approximate surface area is 194 Å². The van der Waals surface area contributed by atoms with E-state index in [0.29, 0.717) is 54.4 Å². The van der Waals surface area contributed by atoms with Crippen LogP contribution in [0.3, 0.4) is 0 Å². The highest BCUT2D eigenvalue weighted by molar-refractivity contribution is 7.89. The molecular weight excluding hydrogens is 446 g/mol. The van der Waals surface area contributed by atoms with Gasteiger partial charge in [0.1, 0.15) is 11.5 Å². The van der Waals surface area contributed by atoms with E-state index in [0.717, 1.165) is 0 Å². The number of hydrogen-bond acceptors (Lipinski definition) is 6. The number of nitrogens with zero attached hydrogens (tertiary/aromatic N) is 1. The minimum absolute atomic E-state index is 0.0496. The number of benzene rings is 2. The van der Waals surface area contributed by atoms with E-state index in [-0.39, 0.29) is 23.5 Å². The van der Waals surface area contributed by atoms with E-state index in [1.54, 1.807) is 43.3 Å². The van der Waals surface area contributed by atoms with E-state index in [9.17, 15) is 18.0 Å². The molecule has 0 radical (unpaired) electrons. The lowest BCUT2D eigenvalue weighted by molar-refractivity contribution is -0.120. The van der Waals surface area contributed by atoms with Crippen LogP contribution < -0.4 is 20.1 Å². The number of rotatable bonds is 8. The molecule has 33 heavy (non-hydrogen) atoms. The van der Waals surface area contributed by atoms with Crippen molar-refractivity contribution in [3.8, 4) is 11.5 Å². The summed E-state index contributed by atoms with van der Waals surface area (Å²) in [5.41, 5.74) is 1.30. The molecule has 10 heteroatoms. The third kappa shape index (κ3) is 5.82. The molecular formula is C23H29N3O6S. The molecule has 2 aromatic rings. The molecule has 1 heterocycles. The van der Waals surface area contributed by atoms with Gasteiger partial charge >= 0.3 is 0 Å². The molecule has 1 fully saturated rings. The maximum Gasteiger partial charge on any atom is 0.255 e. The molecule has 1 aliphatic rings. The first-order valence-corrected chi connectivity index (χ1v) is 12.3. The average molecular weight is 476 g/mol. The van der Waals surface area contributed by atoms with Crippen LogP contribution in [0.25, 0.3) is 0 Å². The molecule has 0 spiro atoms. The Hall–Kier alpha value is -3.11. The van der Waals surface area contributed by atoms with Gasteiger partial charge in [-0.25, -0.2) is 12.7 Å². The van der Waals surface area contributed by atoms with Gasteiger partial charge in [-0.1, -0.05) is 18.2 Å². The molecule has 0 saturated carbocycles. The summed E-state index contributed by atoms with van der Waals surface area (Å²) in [6.45, 7) is 2.25. The number of carbonyl (C=O) groups is 2. The van der Waals surface area contributed by atoms with Crippen LogP contribution in [0.1, 0.15) is 30.1 Å². The van der Waals surface area contributed by atoms with Crippen LogP contribution >= 0.6 is 0 Å². The predicted molar refractivity (Wildman–Crippen MR) is 126 cm³/mol. The van der Waals surface area contributed by atoms with Crippen molar-refractivity contribution in [3.05, 3.63) is 48.0 Å². The first-order valence-electron chi connectivity index (χ1n) is 10.7. The van der Waals surface area contributed by atoms with Gasteiger partial charge in [0.05, 0.1) is 31.3 Å². The summed E-state index contributed by atoms with van der Waals surface area (Å²) in [6, 6.07) is 11.9. The van der Waals surface area contributed by atoms with Crippen LogP contribution in [0, 0.1) is 5.92 Å². The van der Waals surface area contributed by atoms with E-state index >= 15 is 0 Å². The summed E-state index contributed by atoms with van der Waals surface area (Å²) < 4.78 is 36.4. The van der Waals surface area contributed by atoms with Crippen LogP contribution in [0.5, 0.6) is 11.5 Å². The average Bonchev–Trinajstić information content (AvgIpc) is 2.85. The number of carbonyl (C=O) groups excluding carboxylic acids is 2. The van der Waals surface area contributed by atoms with Crippen molar-refractivity contribution < 1.29 is 27.5 Å².